The molecular formula is C33H37Cl2N3O3. The number of carbonyl (C=O) groups is 1. The van der Waals surface area contributed by atoms with Gasteiger partial charge in [-0.2, -0.15) is 0 Å². The van der Waals surface area contributed by atoms with Crippen LogP contribution in [-0.2, 0) is 11.3 Å². The number of hydrogen-bond donors (Lipinski definition) is 1. The minimum Gasteiger partial charge on any atom is -0.373 e. The largest absolute Gasteiger partial charge is 0.373 e. The van der Waals surface area contributed by atoms with Crippen molar-refractivity contribution in [1.29, 1.82) is 0 Å². The second-order valence-electron chi connectivity index (χ2n) is 12.3. The third kappa shape index (κ3) is 5.63. The van der Waals surface area contributed by atoms with E-state index in [1.165, 1.54) is 37.7 Å². The Kier molecular flexibility index (Phi) is 7.74. The zero-order chi connectivity index (χ0) is 27.9. The first kappa shape index (κ1) is 27.3. The highest BCUT2D eigenvalue weighted by atomic mass is 35.5. The summed E-state index contributed by atoms with van der Waals surface area (Å²) in [6.45, 7) is 0.399. The van der Waals surface area contributed by atoms with Crippen LogP contribution in [0.4, 0.5) is 10.5 Å². The van der Waals surface area contributed by atoms with Gasteiger partial charge in [-0.05, 0) is 87.1 Å². The van der Waals surface area contributed by atoms with Crippen LogP contribution < -0.4 is 5.32 Å². The highest BCUT2D eigenvalue weighted by Gasteiger charge is 2.44. The van der Waals surface area contributed by atoms with Crippen LogP contribution in [0.25, 0.3) is 11.3 Å². The van der Waals surface area contributed by atoms with E-state index in [2.05, 4.69) is 33.6 Å². The summed E-state index contributed by atoms with van der Waals surface area (Å²) in [7, 11) is 0. The maximum atomic E-state index is 13.5. The number of urea groups is 1. The summed E-state index contributed by atoms with van der Waals surface area (Å²) in [4.78, 5) is 15.6. The molecule has 2 bridgehead atoms. The number of rotatable bonds is 7. The van der Waals surface area contributed by atoms with Gasteiger partial charge in [0.2, 0.25) is 0 Å². The topological polar surface area (TPSA) is 67.6 Å². The van der Waals surface area contributed by atoms with Crippen molar-refractivity contribution in [2.75, 3.05) is 5.32 Å². The van der Waals surface area contributed by atoms with E-state index in [0.29, 0.717) is 39.7 Å². The van der Waals surface area contributed by atoms with Gasteiger partial charge in [0.1, 0.15) is 11.5 Å². The standard InChI is InChI=1S/C33H37Cl2N3O3/c34-28-10-5-11-29(35)30(28)31-27(32(41-37-31)21-12-13-21)19-40-26-17-24-14-15-25(18-26)38(24)33(39)36-23-9-4-8-22(16-23)20-6-2-1-3-7-20/h4-5,8-11,16,20-21,24-26H,1-3,6-7,12-15,17-19H2,(H,36,39). The number of fused-ring (bicyclic) bond motifs is 2. The molecule has 2 saturated carbocycles. The molecule has 0 radical (unpaired) electrons. The van der Waals surface area contributed by atoms with E-state index in [1.54, 1.807) is 0 Å². The van der Waals surface area contributed by atoms with E-state index in [4.69, 9.17) is 32.5 Å². The van der Waals surface area contributed by atoms with E-state index in [1.807, 2.05) is 24.3 Å². The number of halogens is 2. The second kappa shape index (κ2) is 11.6. The monoisotopic (exact) mass is 593 g/mol. The average Bonchev–Trinajstić information content (AvgIpc) is 3.68. The Labute approximate surface area is 251 Å². The van der Waals surface area contributed by atoms with Crippen molar-refractivity contribution in [3.63, 3.8) is 0 Å². The van der Waals surface area contributed by atoms with Crippen molar-refractivity contribution < 1.29 is 14.1 Å². The number of amides is 2. The summed E-state index contributed by atoms with van der Waals surface area (Å²) in [5.74, 6) is 1.89. The molecule has 1 aromatic heterocycles. The smallest absolute Gasteiger partial charge is 0.322 e. The zero-order valence-corrected chi connectivity index (χ0v) is 24.8. The summed E-state index contributed by atoms with van der Waals surface area (Å²) in [5, 5.41) is 8.73. The lowest BCUT2D eigenvalue weighted by Crippen LogP contribution is -2.50. The maximum Gasteiger partial charge on any atom is 0.322 e. The molecule has 7 rings (SSSR count). The first-order valence-electron chi connectivity index (χ1n) is 15.3. The average molecular weight is 595 g/mol. The van der Waals surface area contributed by atoms with Crippen LogP contribution in [0, 0.1) is 0 Å². The molecule has 216 valence electrons. The van der Waals surface area contributed by atoms with Crippen LogP contribution in [-0.4, -0.2) is 34.3 Å². The summed E-state index contributed by atoms with van der Waals surface area (Å²) in [6, 6.07) is 14.4. The second-order valence-corrected chi connectivity index (χ2v) is 13.1. The molecule has 0 spiro atoms. The third-order valence-corrected chi connectivity index (χ3v) is 10.2. The Morgan fingerprint density at radius 1 is 0.927 bits per heavy atom. The van der Waals surface area contributed by atoms with Gasteiger partial charge in [0.25, 0.3) is 0 Å². The quantitative estimate of drug-likeness (QED) is 0.296. The lowest BCUT2D eigenvalue weighted by molar-refractivity contribution is -0.0158. The summed E-state index contributed by atoms with van der Waals surface area (Å²) in [6.07, 6.45) is 12.4. The minimum atomic E-state index is 0.0162. The fourth-order valence-electron chi connectivity index (χ4n) is 7.34. The summed E-state index contributed by atoms with van der Waals surface area (Å²) >= 11 is 13.1. The molecule has 6 nitrogen and oxygen atoms in total. The molecule has 3 aromatic rings. The van der Waals surface area contributed by atoms with E-state index >= 15 is 0 Å². The van der Waals surface area contributed by atoms with E-state index in [-0.39, 0.29) is 24.2 Å². The summed E-state index contributed by atoms with van der Waals surface area (Å²) < 4.78 is 12.4. The Morgan fingerprint density at radius 2 is 1.63 bits per heavy atom. The molecule has 2 saturated heterocycles. The fraction of sp³-hybridized carbons (Fsp3) is 0.515. The fourth-order valence-corrected chi connectivity index (χ4v) is 7.91. The Bertz CT molecular complexity index is 1380. The Balaban J connectivity index is 1.01. The number of ether oxygens (including phenoxy) is 1. The lowest BCUT2D eigenvalue weighted by Gasteiger charge is -2.38. The highest BCUT2D eigenvalue weighted by molar-refractivity contribution is 6.39. The van der Waals surface area contributed by atoms with E-state index in [0.717, 1.165) is 55.5 Å². The summed E-state index contributed by atoms with van der Waals surface area (Å²) in [5.41, 5.74) is 4.59. The molecule has 8 heteroatoms. The number of anilines is 1. The SMILES string of the molecule is O=C(Nc1cccc(C2CCCCC2)c1)N1C2CCC1CC(OCc1c(-c3c(Cl)cccc3Cl)noc1C1CC1)C2. The Hall–Kier alpha value is -2.54. The Morgan fingerprint density at radius 3 is 2.34 bits per heavy atom. The molecule has 2 aliphatic carbocycles. The van der Waals surface area contributed by atoms with Gasteiger partial charge in [-0.25, -0.2) is 4.79 Å². The normalized spacial score (nSPS) is 24.5. The van der Waals surface area contributed by atoms with Crippen molar-refractivity contribution >= 4 is 34.9 Å². The van der Waals surface area contributed by atoms with Gasteiger partial charge in [-0.3, -0.25) is 0 Å². The molecule has 4 fully saturated rings. The molecule has 2 aliphatic heterocycles. The van der Waals surface area contributed by atoms with Crippen molar-refractivity contribution in [3.8, 4) is 11.3 Å². The first-order chi connectivity index (χ1) is 20.0. The number of benzene rings is 2. The molecule has 2 amide bonds. The molecule has 2 atom stereocenters. The molecule has 41 heavy (non-hydrogen) atoms. The molecule has 4 aliphatic rings. The van der Waals surface area contributed by atoms with Gasteiger partial charge in [0, 0.05) is 34.8 Å². The minimum absolute atomic E-state index is 0.0162. The van der Waals surface area contributed by atoms with Crippen LogP contribution in [0.1, 0.15) is 99.4 Å². The van der Waals surface area contributed by atoms with E-state index in [9.17, 15) is 4.79 Å². The van der Waals surface area contributed by atoms with Crippen molar-refractivity contribution in [2.24, 2.45) is 0 Å². The maximum absolute atomic E-state index is 13.5. The van der Waals surface area contributed by atoms with Gasteiger partial charge in [0.05, 0.1) is 22.8 Å². The van der Waals surface area contributed by atoms with Crippen LogP contribution in [0.5, 0.6) is 0 Å². The predicted molar refractivity (Wildman–Crippen MR) is 162 cm³/mol. The van der Waals surface area contributed by atoms with Crippen molar-refractivity contribution in [1.82, 2.24) is 10.1 Å². The lowest BCUT2D eigenvalue weighted by atomic mass is 9.84. The number of nitrogens with zero attached hydrogens (tertiary/aromatic N) is 2. The van der Waals surface area contributed by atoms with Gasteiger partial charge in [0.15, 0.2) is 0 Å². The molecule has 1 N–H and O–H groups in total. The molecule has 3 heterocycles. The third-order valence-electron chi connectivity index (χ3n) is 9.57. The van der Waals surface area contributed by atoms with Gasteiger partial charge in [-0.15, -0.1) is 0 Å². The number of aromatic nitrogens is 1. The van der Waals surface area contributed by atoms with Crippen LogP contribution in [0.3, 0.4) is 0 Å². The molecular weight excluding hydrogens is 557 g/mol. The van der Waals surface area contributed by atoms with Gasteiger partial charge >= 0.3 is 6.03 Å². The van der Waals surface area contributed by atoms with Gasteiger partial charge < -0.3 is 19.5 Å². The number of carbonyl (C=O) groups excluding carboxylic acids is 1. The van der Waals surface area contributed by atoms with Crippen LogP contribution >= 0.6 is 23.2 Å². The van der Waals surface area contributed by atoms with Crippen LogP contribution in [0.2, 0.25) is 10.0 Å². The first-order valence-corrected chi connectivity index (χ1v) is 16.0. The molecule has 2 aromatic carbocycles. The number of nitrogens with one attached hydrogen (secondary N) is 1. The van der Waals surface area contributed by atoms with Crippen molar-refractivity contribution in [3.05, 3.63) is 69.4 Å². The zero-order valence-electron chi connectivity index (χ0n) is 23.3. The highest BCUT2D eigenvalue weighted by Crippen LogP contribution is 2.46. The number of piperidine rings is 1. The van der Waals surface area contributed by atoms with Crippen LogP contribution in [0.15, 0.2) is 47.0 Å². The molecule has 2 unspecified atom stereocenters. The number of hydrogen-bond acceptors (Lipinski definition) is 4. The van der Waals surface area contributed by atoms with E-state index < -0.39 is 0 Å². The van der Waals surface area contributed by atoms with Crippen molar-refractivity contribution in [2.45, 2.75) is 107 Å². The van der Waals surface area contributed by atoms with Gasteiger partial charge in [-0.1, -0.05) is 65.8 Å². The predicted octanol–water partition coefficient (Wildman–Crippen LogP) is 9.32.